The number of hydrogen-bond acceptors (Lipinski definition) is 2. The molecule has 0 aromatic heterocycles. The summed E-state index contributed by atoms with van der Waals surface area (Å²) >= 11 is 0. The highest BCUT2D eigenvalue weighted by Gasteiger charge is 2.35. The van der Waals surface area contributed by atoms with Crippen LogP contribution in [0.1, 0.15) is 11.1 Å². The maximum atomic E-state index is 13.7. The van der Waals surface area contributed by atoms with Gasteiger partial charge in [-0.1, -0.05) is 12.1 Å². The van der Waals surface area contributed by atoms with E-state index in [9.17, 15) is 17.6 Å². The zero-order valence-corrected chi connectivity index (χ0v) is 9.63. The number of allylic oxidation sites excluding steroid dienone is 4. The molecule has 100 valence electrons. The first kappa shape index (κ1) is 14.8. The van der Waals surface area contributed by atoms with Gasteiger partial charge in [0.15, 0.2) is 0 Å². The van der Waals surface area contributed by atoms with Crippen molar-refractivity contribution in [1.82, 2.24) is 0 Å². The van der Waals surface area contributed by atoms with Crippen LogP contribution in [0.25, 0.3) is 5.57 Å². The van der Waals surface area contributed by atoms with Gasteiger partial charge in [-0.15, -0.1) is 0 Å². The molecule has 0 fully saturated rings. The number of alkyl halides is 3. The van der Waals surface area contributed by atoms with E-state index in [1.54, 1.807) is 0 Å². The molecule has 0 radical (unpaired) electrons. The summed E-state index contributed by atoms with van der Waals surface area (Å²) in [6.07, 6.45) is 0.250. The fraction of sp³-hybridized carbons (Fsp3) is 0.0769. The van der Waals surface area contributed by atoms with Crippen molar-refractivity contribution in [1.29, 1.82) is 10.8 Å². The van der Waals surface area contributed by atoms with E-state index in [4.69, 9.17) is 10.8 Å². The molecule has 1 aromatic rings. The average Bonchev–Trinajstić information content (AvgIpc) is 2.33. The lowest BCUT2D eigenvalue weighted by Gasteiger charge is -2.14. The van der Waals surface area contributed by atoms with Crippen LogP contribution in [0.2, 0.25) is 0 Å². The van der Waals surface area contributed by atoms with Gasteiger partial charge in [-0.05, 0) is 29.9 Å². The molecule has 0 aliphatic rings. The Morgan fingerprint density at radius 3 is 2.32 bits per heavy atom. The Morgan fingerprint density at radius 2 is 1.79 bits per heavy atom. The van der Waals surface area contributed by atoms with Crippen molar-refractivity contribution in [2.45, 2.75) is 6.18 Å². The minimum atomic E-state index is -4.70. The third-order valence-corrected chi connectivity index (χ3v) is 2.24. The van der Waals surface area contributed by atoms with Crippen LogP contribution in [0.4, 0.5) is 17.6 Å². The normalized spacial score (nSPS) is 12.7. The third kappa shape index (κ3) is 3.61. The van der Waals surface area contributed by atoms with Gasteiger partial charge in [-0.3, -0.25) is 0 Å². The molecule has 0 aliphatic carbocycles. The monoisotopic (exact) mass is 270 g/mol. The second kappa shape index (κ2) is 6.08. The summed E-state index contributed by atoms with van der Waals surface area (Å²) in [5, 5.41) is 13.7. The number of halogens is 4. The van der Waals surface area contributed by atoms with Crippen LogP contribution in [-0.2, 0) is 6.18 Å². The van der Waals surface area contributed by atoms with Gasteiger partial charge in [-0.25, -0.2) is 4.39 Å². The molecule has 2 N–H and O–H groups in total. The van der Waals surface area contributed by atoms with Crippen LogP contribution in [0.15, 0.2) is 36.4 Å². The van der Waals surface area contributed by atoms with E-state index in [0.29, 0.717) is 0 Å². The van der Waals surface area contributed by atoms with Gasteiger partial charge in [-0.2, -0.15) is 13.2 Å². The maximum absolute atomic E-state index is 13.7. The van der Waals surface area contributed by atoms with Gasteiger partial charge in [0.1, 0.15) is 5.82 Å². The lowest BCUT2D eigenvalue weighted by atomic mass is 9.98. The van der Waals surface area contributed by atoms with E-state index in [0.717, 1.165) is 48.9 Å². The molecule has 0 saturated heterocycles. The van der Waals surface area contributed by atoms with E-state index >= 15 is 0 Å². The molecule has 1 aromatic carbocycles. The highest BCUT2D eigenvalue weighted by molar-refractivity contribution is 5.90. The van der Waals surface area contributed by atoms with E-state index in [1.807, 2.05) is 0 Å². The minimum Gasteiger partial charge on any atom is -0.309 e. The van der Waals surface area contributed by atoms with E-state index in [2.05, 4.69) is 0 Å². The summed E-state index contributed by atoms with van der Waals surface area (Å²) in [5.41, 5.74) is -1.87. The molecule has 0 heterocycles. The fourth-order valence-electron chi connectivity index (χ4n) is 1.52. The van der Waals surface area contributed by atoms with Crippen LogP contribution in [0.5, 0.6) is 0 Å². The molecule has 1 rings (SSSR count). The molecular formula is C13H10F4N2. The molecule has 0 aliphatic heterocycles. The zero-order chi connectivity index (χ0) is 14.5. The van der Waals surface area contributed by atoms with Gasteiger partial charge >= 0.3 is 6.18 Å². The molecular weight excluding hydrogens is 260 g/mol. The smallest absolute Gasteiger partial charge is 0.309 e. The largest absolute Gasteiger partial charge is 0.417 e. The van der Waals surface area contributed by atoms with Crippen molar-refractivity contribution in [2.75, 3.05) is 0 Å². The van der Waals surface area contributed by atoms with Crippen LogP contribution >= 0.6 is 0 Å². The summed E-state index contributed by atoms with van der Waals surface area (Å²) in [4.78, 5) is 0. The van der Waals surface area contributed by atoms with Crippen LogP contribution in [-0.4, -0.2) is 12.4 Å². The van der Waals surface area contributed by atoms with Gasteiger partial charge in [0.2, 0.25) is 0 Å². The molecule has 2 nitrogen and oxygen atoms in total. The topological polar surface area (TPSA) is 47.7 Å². The van der Waals surface area contributed by atoms with Crippen LogP contribution in [0.3, 0.4) is 0 Å². The molecule has 0 amide bonds. The Bertz CT molecular complexity index is 542. The Labute approximate surface area is 107 Å². The summed E-state index contributed by atoms with van der Waals surface area (Å²) in [6, 6.07) is 2.67. The lowest BCUT2D eigenvalue weighted by Crippen LogP contribution is -2.10. The highest BCUT2D eigenvalue weighted by Crippen LogP contribution is 2.36. The van der Waals surface area contributed by atoms with E-state index in [1.165, 1.54) is 0 Å². The van der Waals surface area contributed by atoms with Gasteiger partial charge in [0, 0.05) is 18.0 Å². The van der Waals surface area contributed by atoms with Crippen molar-refractivity contribution < 1.29 is 17.6 Å². The van der Waals surface area contributed by atoms with Gasteiger partial charge < -0.3 is 10.8 Å². The van der Waals surface area contributed by atoms with Crippen molar-refractivity contribution in [3.8, 4) is 0 Å². The van der Waals surface area contributed by atoms with Crippen LogP contribution in [0, 0.1) is 16.6 Å². The number of nitrogens with one attached hydrogen (secondary N) is 2. The second-order valence-corrected chi connectivity index (χ2v) is 3.47. The fourth-order valence-corrected chi connectivity index (χ4v) is 1.52. The minimum absolute atomic E-state index is 0.121. The zero-order valence-electron chi connectivity index (χ0n) is 9.63. The van der Waals surface area contributed by atoms with Crippen LogP contribution < -0.4 is 0 Å². The molecule has 19 heavy (non-hydrogen) atoms. The standard InChI is InChI=1S/C13H10F4N2/c14-11-5-1-4-10(13(15,16)17)12(11)9(6-8-19)3-2-7-18/h1-8,18-19H/b3-2-,9-6+,18-7?,19-8?. The number of hydrogen-bond donors (Lipinski definition) is 2. The van der Waals surface area contributed by atoms with Gasteiger partial charge in [0.05, 0.1) is 5.56 Å². The van der Waals surface area contributed by atoms with E-state index in [-0.39, 0.29) is 5.57 Å². The molecule has 0 saturated carbocycles. The van der Waals surface area contributed by atoms with Gasteiger partial charge in [0.25, 0.3) is 0 Å². The summed E-state index contributed by atoms with van der Waals surface area (Å²) in [5.74, 6) is -1.03. The van der Waals surface area contributed by atoms with Crippen molar-refractivity contribution in [3.63, 3.8) is 0 Å². The maximum Gasteiger partial charge on any atom is 0.417 e. The van der Waals surface area contributed by atoms with Crippen molar-refractivity contribution >= 4 is 18.0 Å². The Hall–Kier alpha value is -2.24. The molecule has 0 atom stereocenters. The predicted molar refractivity (Wildman–Crippen MR) is 66.1 cm³/mol. The SMILES string of the molecule is N=C/C=C\C(=C/C=N)c1c(F)cccc1C(F)(F)F. The average molecular weight is 270 g/mol. The first-order chi connectivity index (χ1) is 8.91. The molecule has 0 bridgehead atoms. The quantitative estimate of drug-likeness (QED) is 0.470. The predicted octanol–water partition coefficient (Wildman–Crippen LogP) is 4.08. The first-order valence-electron chi connectivity index (χ1n) is 5.15. The Morgan fingerprint density at radius 1 is 1.11 bits per heavy atom. The van der Waals surface area contributed by atoms with E-state index < -0.39 is 23.1 Å². The molecule has 0 spiro atoms. The third-order valence-electron chi connectivity index (χ3n) is 2.24. The molecule has 0 unspecified atom stereocenters. The second-order valence-electron chi connectivity index (χ2n) is 3.47. The number of benzene rings is 1. The first-order valence-corrected chi connectivity index (χ1v) is 5.15. The van der Waals surface area contributed by atoms with Crippen molar-refractivity contribution in [3.05, 3.63) is 53.4 Å². The van der Waals surface area contributed by atoms with Crippen molar-refractivity contribution in [2.24, 2.45) is 0 Å². The summed E-state index contributed by atoms with van der Waals surface area (Å²) in [7, 11) is 0. The molecule has 6 heteroatoms. The summed E-state index contributed by atoms with van der Waals surface area (Å²) < 4.78 is 52.2. The number of rotatable bonds is 4. The Kier molecular flexibility index (Phi) is 4.74. The summed E-state index contributed by atoms with van der Waals surface area (Å²) in [6.45, 7) is 0. The highest BCUT2D eigenvalue weighted by atomic mass is 19.4. The lowest BCUT2D eigenvalue weighted by molar-refractivity contribution is -0.137. The Balaban J connectivity index is 3.54.